The lowest BCUT2D eigenvalue weighted by atomic mass is 10.0. The van der Waals surface area contributed by atoms with Gasteiger partial charge in [-0.2, -0.15) is 5.10 Å². The lowest BCUT2D eigenvalue weighted by Crippen LogP contribution is -2.28. The van der Waals surface area contributed by atoms with Gasteiger partial charge in [-0.05, 0) is 61.9 Å². The highest BCUT2D eigenvalue weighted by molar-refractivity contribution is 7.15. The molecule has 9 nitrogen and oxygen atoms in total. The van der Waals surface area contributed by atoms with Crippen LogP contribution < -0.4 is 16.1 Å². The summed E-state index contributed by atoms with van der Waals surface area (Å²) in [7, 11) is 1.69. The van der Waals surface area contributed by atoms with Crippen LogP contribution in [0.25, 0.3) is 5.70 Å². The third-order valence-electron chi connectivity index (χ3n) is 6.33. The van der Waals surface area contributed by atoms with E-state index in [1.165, 1.54) is 18.1 Å². The molecule has 0 saturated heterocycles. The second kappa shape index (κ2) is 11.8. The Labute approximate surface area is 219 Å². The predicted molar refractivity (Wildman–Crippen MR) is 148 cm³/mol. The summed E-state index contributed by atoms with van der Waals surface area (Å²) >= 11 is 1.06. The first-order valence-electron chi connectivity index (χ1n) is 12.1. The molecule has 0 bridgehead atoms. The van der Waals surface area contributed by atoms with Gasteiger partial charge in [0.05, 0.1) is 21.2 Å². The minimum Gasteiger partial charge on any atom is -0.504 e. The second-order valence-electron chi connectivity index (χ2n) is 8.87. The number of aliphatic hydroxyl groups is 1. The van der Waals surface area contributed by atoms with Crippen LogP contribution in [0.5, 0.6) is 0 Å². The van der Waals surface area contributed by atoms with Crippen molar-refractivity contribution in [2.75, 3.05) is 13.6 Å². The van der Waals surface area contributed by atoms with E-state index in [1.807, 2.05) is 24.4 Å². The topological polar surface area (TPSA) is 139 Å². The summed E-state index contributed by atoms with van der Waals surface area (Å²) in [6.07, 6.45) is 9.44. The van der Waals surface area contributed by atoms with Crippen molar-refractivity contribution in [3.8, 4) is 0 Å². The molecule has 37 heavy (non-hydrogen) atoms. The summed E-state index contributed by atoms with van der Waals surface area (Å²) in [5, 5.41) is 29.0. The van der Waals surface area contributed by atoms with E-state index in [1.54, 1.807) is 25.4 Å². The number of nitrogens with one attached hydrogen (secondary N) is 4. The lowest BCUT2D eigenvalue weighted by molar-refractivity contribution is 0.0949. The van der Waals surface area contributed by atoms with E-state index in [2.05, 4.69) is 32.2 Å². The molecule has 4 rings (SSSR count). The number of fused-ring (bicyclic) bond motifs is 1. The number of aliphatic imine (C=N–C) groups is 1. The first kappa shape index (κ1) is 26.0. The minimum absolute atomic E-state index is 0.137. The molecule has 10 heteroatoms. The van der Waals surface area contributed by atoms with Crippen LogP contribution in [0.2, 0.25) is 0 Å². The fourth-order valence-corrected chi connectivity index (χ4v) is 5.03. The van der Waals surface area contributed by atoms with Crippen molar-refractivity contribution >= 4 is 46.5 Å². The standard InChI is InChI=1S/C27H30N6O3S/c1-16(23(28)25(34)24(29-2)20-7-6-18-4-3-5-19(18)14-20)32-33-27(36)22-9-8-21(37-22)26(35)31-15-17-10-12-30-13-11-17/h6-10,12-14,17,28-29,34H,3-5,11,15H2,1-2H3,(H,31,35)(H,33,36)/b25-24+,28-23?,32-16+. The van der Waals surface area contributed by atoms with Gasteiger partial charge in [-0.1, -0.05) is 18.2 Å². The van der Waals surface area contributed by atoms with Gasteiger partial charge in [0.2, 0.25) is 0 Å². The Morgan fingerprint density at radius 3 is 2.65 bits per heavy atom. The summed E-state index contributed by atoms with van der Waals surface area (Å²) in [5.41, 5.74) is 6.13. The van der Waals surface area contributed by atoms with Crippen LogP contribution in [0.15, 0.2) is 58.5 Å². The maximum absolute atomic E-state index is 12.6. The summed E-state index contributed by atoms with van der Waals surface area (Å²) < 4.78 is 0. The maximum Gasteiger partial charge on any atom is 0.281 e. The Morgan fingerprint density at radius 1 is 1.16 bits per heavy atom. The van der Waals surface area contributed by atoms with Crippen LogP contribution in [0, 0.1) is 11.3 Å². The van der Waals surface area contributed by atoms with E-state index in [0.29, 0.717) is 22.0 Å². The number of aliphatic hydroxyl groups excluding tert-OH is 1. The summed E-state index contributed by atoms with van der Waals surface area (Å²) in [6.45, 7) is 2.02. The van der Waals surface area contributed by atoms with E-state index in [4.69, 9.17) is 5.41 Å². The van der Waals surface area contributed by atoms with Gasteiger partial charge in [0.1, 0.15) is 5.71 Å². The minimum atomic E-state index is -0.501. The summed E-state index contributed by atoms with van der Waals surface area (Å²) in [6, 6.07) is 9.18. The van der Waals surface area contributed by atoms with Crippen molar-refractivity contribution in [3.05, 3.63) is 74.8 Å². The van der Waals surface area contributed by atoms with Gasteiger partial charge in [0.25, 0.3) is 11.8 Å². The number of hydrazone groups is 1. The zero-order valence-electron chi connectivity index (χ0n) is 20.8. The fraction of sp³-hybridized carbons (Fsp3) is 0.296. The van der Waals surface area contributed by atoms with Crippen molar-refractivity contribution in [2.45, 2.75) is 32.6 Å². The molecule has 1 aromatic heterocycles. The number of hydrogen-bond donors (Lipinski definition) is 5. The number of carbonyl (C=O) groups is 2. The van der Waals surface area contributed by atoms with Crippen molar-refractivity contribution < 1.29 is 14.7 Å². The van der Waals surface area contributed by atoms with Crippen molar-refractivity contribution in [2.24, 2.45) is 16.0 Å². The van der Waals surface area contributed by atoms with E-state index in [9.17, 15) is 14.7 Å². The molecule has 1 atom stereocenters. The van der Waals surface area contributed by atoms with E-state index < -0.39 is 5.91 Å². The number of amides is 2. The third kappa shape index (κ3) is 6.21. The SMILES string of the molecule is CN/C(=C(/O)C(=N)/C(C)=N/NC(=O)c1ccc(C(=O)NCC2C=CN=CC2)s1)c1ccc2c(c1)CCC2. The molecular formula is C27H30N6O3S. The normalized spacial score (nSPS) is 17.1. The number of aryl methyl sites for hydroxylation is 2. The van der Waals surface area contributed by atoms with Crippen LogP contribution in [-0.2, 0) is 12.8 Å². The van der Waals surface area contributed by atoms with Crippen LogP contribution >= 0.6 is 11.3 Å². The van der Waals surface area contributed by atoms with Crippen LogP contribution in [0.4, 0.5) is 0 Å². The number of nitrogens with zero attached hydrogens (tertiary/aromatic N) is 2. The first-order chi connectivity index (χ1) is 17.9. The highest BCUT2D eigenvalue weighted by Crippen LogP contribution is 2.26. The molecule has 2 heterocycles. The first-order valence-corrected chi connectivity index (χ1v) is 12.9. The molecule has 1 aliphatic carbocycles. The Bertz CT molecular complexity index is 1340. The Balaban J connectivity index is 1.37. The Hall–Kier alpha value is -4.05. The van der Waals surface area contributed by atoms with E-state index in [0.717, 1.165) is 42.6 Å². The molecule has 0 spiro atoms. The number of rotatable bonds is 9. The van der Waals surface area contributed by atoms with E-state index >= 15 is 0 Å². The van der Waals surface area contributed by atoms with Gasteiger partial charge in [0.15, 0.2) is 5.76 Å². The molecule has 2 amide bonds. The lowest BCUT2D eigenvalue weighted by Gasteiger charge is -2.13. The van der Waals surface area contributed by atoms with Crippen LogP contribution in [-0.4, -0.2) is 48.2 Å². The molecule has 2 aliphatic rings. The Morgan fingerprint density at radius 2 is 1.92 bits per heavy atom. The molecule has 0 radical (unpaired) electrons. The average Bonchev–Trinajstić information content (AvgIpc) is 3.60. The maximum atomic E-state index is 12.6. The zero-order chi connectivity index (χ0) is 26.4. The van der Waals surface area contributed by atoms with Crippen molar-refractivity contribution in [1.29, 1.82) is 5.41 Å². The quantitative estimate of drug-likeness (QED) is 0.195. The van der Waals surface area contributed by atoms with E-state index in [-0.39, 0.29) is 29.0 Å². The number of hydrogen-bond acceptors (Lipinski definition) is 8. The van der Waals surface area contributed by atoms with Gasteiger partial charge in [-0.15, -0.1) is 11.3 Å². The van der Waals surface area contributed by atoms with Gasteiger partial charge in [-0.3, -0.25) is 20.0 Å². The Kier molecular flexibility index (Phi) is 8.29. The monoisotopic (exact) mass is 518 g/mol. The van der Waals surface area contributed by atoms with Crippen LogP contribution in [0.1, 0.15) is 55.8 Å². The molecule has 2 aromatic rings. The molecule has 1 unspecified atom stereocenters. The molecule has 192 valence electrons. The molecule has 1 aliphatic heterocycles. The highest BCUT2D eigenvalue weighted by atomic mass is 32.1. The molecule has 0 saturated carbocycles. The number of benzene rings is 1. The van der Waals surface area contributed by atoms with Gasteiger partial charge in [0, 0.05) is 37.5 Å². The molecule has 5 N–H and O–H groups in total. The van der Waals surface area contributed by atoms with Gasteiger partial charge < -0.3 is 15.7 Å². The zero-order valence-corrected chi connectivity index (χ0v) is 21.6. The highest BCUT2D eigenvalue weighted by Gasteiger charge is 2.19. The number of carbonyl (C=O) groups excluding carboxylic acids is 2. The predicted octanol–water partition coefficient (Wildman–Crippen LogP) is 3.84. The summed E-state index contributed by atoms with van der Waals surface area (Å²) in [5.74, 6) is -0.806. The third-order valence-corrected chi connectivity index (χ3v) is 7.42. The fourth-order valence-electron chi connectivity index (χ4n) is 4.22. The molecule has 0 fully saturated rings. The number of allylic oxidation sites excluding steroid dienone is 1. The molecular weight excluding hydrogens is 488 g/mol. The van der Waals surface area contributed by atoms with Gasteiger partial charge >= 0.3 is 0 Å². The summed E-state index contributed by atoms with van der Waals surface area (Å²) in [4.78, 5) is 29.8. The average molecular weight is 519 g/mol. The van der Waals surface area contributed by atoms with Gasteiger partial charge in [-0.25, -0.2) is 5.43 Å². The van der Waals surface area contributed by atoms with Crippen molar-refractivity contribution in [1.82, 2.24) is 16.1 Å². The van der Waals surface area contributed by atoms with Crippen LogP contribution in [0.3, 0.4) is 0 Å². The number of thiophene rings is 1. The second-order valence-corrected chi connectivity index (χ2v) is 9.95. The largest absolute Gasteiger partial charge is 0.504 e. The molecule has 1 aromatic carbocycles. The smallest absolute Gasteiger partial charge is 0.281 e. The van der Waals surface area contributed by atoms with Crippen molar-refractivity contribution in [3.63, 3.8) is 0 Å².